The van der Waals surface area contributed by atoms with Gasteiger partial charge in [0, 0.05) is 36.7 Å². The zero-order chi connectivity index (χ0) is 17.5. The first kappa shape index (κ1) is 16.3. The Morgan fingerprint density at radius 2 is 1.88 bits per heavy atom. The van der Waals surface area contributed by atoms with Crippen molar-refractivity contribution in [3.05, 3.63) is 64.3 Å². The van der Waals surface area contributed by atoms with Crippen molar-refractivity contribution in [1.82, 2.24) is 14.7 Å². The maximum atomic E-state index is 6.29. The summed E-state index contributed by atoms with van der Waals surface area (Å²) >= 11 is 6.29. The Bertz CT molecular complexity index is 921. The molecule has 3 aromatic rings. The fourth-order valence-corrected chi connectivity index (χ4v) is 4.33. The van der Waals surface area contributed by atoms with Gasteiger partial charge in [0.05, 0.1) is 11.2 Å². The molecule has 1 saturated heterocycles. The quantitative estimate of drug-likeness (QED) is 0.659. The number of rotatable bonds is 3. The van der Waals surface area contributed by atoms with Gasteiger partial charge in [0.1, 0.15) is 0 Å². The summed E-state index contributed by atoms with van der Waals surface area (Å²) < 4.78 is 8.06. The molecule has 4 nitrogen and oxygen atoms in total. The Labute approximate surface area is 158 Å². The highest BCUT2D eigenvalue weighted by molar-refractivity contribution is 6.31. The van der Waals surface area contributed by atoms with Gasteiger partial charge >= 0.3 is 0 Å². The van der Waals surface area contributed by atoms with E-state index in [2.05, 4.69) is 39.9 Å². The predicted octanol–water partition coefficient (Wildman–Crippen LogP) is 4.90. The summed E-state index contributed by atoms with van der Waals surface area (Å²) in [7, 11) is 0. The molecule has 1 aromatic heterocycles. The monoisotopic (exact) mass is 367 g/mol. The molecule has 2 aliphatic rings. The van der Waals surface area contributed by atoms with Gasteiger partial charge in [-0.25, -0.2) is 4.68 Å². The maximum absolute atomic E-state index is 6.29. The lowest BCUT2D eigenvalue weighted by molar-refractivity contribution is -0.0370. The fraction of sp³-hybridized carbons (Fsp3) is 0.381. The molecule has 3 heterocycles. The molecule has 26 heavy (non-hydrogen) atoms. The summed E-state index contributed by atoms with van der Waals surface area (Å²) in [5.41, 5.74) is 5.05. The second kappa shape index (κ2) is 6.69. The smallest absolute Gasteiger partial charge is 0.150 e. The van der Waals surface area contributed by atoms with Crippen molar-refractivity contribution in [2.24, 2.45) is 0 Å². The van der Waals surface area contributed by atoms with E-state index in [9.17, 15) is 0 Å². The zero-order valence-electron chi connectivity index (χ0n) is 14.7. The van der Waals surface area contributed by atoms with E-state index in [1.165, 1.54) is 17.5 Å². The van der Waals surface area contributed by atoms with Gasteiger partial charge in [0.25, 0.3) is 0 Å². The van der Waals surface area contributed by atoms with Crippen LogP contribution >= 0.6 is 11.6 Å². The first-order valence-electron chi connectivity index (χ1n) is 9.35. The lowest BCUT2D eigenvalue weighted by atomic mass is 10.1. The summed E-state index contributed by atoms with van der Waals surface area (Å²) in [5, 5.41) is 6.87. The van der Waals surface area contributed by atoms with Crippen LogP contribution in [0.5, 0.6) is 0 Å². The van der Waals surface area contributed by atoms with Crippen LogP contribution in [0.1, 0.15) is 42.3 Å². The minimum absolute atomic E-state index is 0.0388. The van der Waals surface area contributed by atoms with Gasteiger partial charge in [-0.15, -0.1) is 0 Å². The van der Waals surface area contributed by atoms with Gasteiger partial charge in [-0.3, -0.25) is 4.90 Å². The van der Waals surface area contributed by atoms with Gasteiger partial charge < -0.3 is 4.74 Å². The molecule has 0 radical (unpaired) electrons. The van der Waals surface area contributed by atoms with Gasteiger partial charge in [0.15, 0.2) is 6.23 Å². The summed E-state index contributed by atoms with van der Waals surface area (Å²) in [6.07, 6.45) is 3.39. The van der Waals surface area contributed by atoms with Crippen LogP contribution in [0.3, 0.4) is 0 Å². The molecule has 5 heteroatoms. The molecule has 1 atom stereocenters. The van der Waals surface area contributed by atoms with Gasteiger partial charge in [-0.2, -0.15) is 5.10 Å². The highest BCUT2D eigenvalue weighted by atomic mass is 35.5. The topological polar surface area (TPSA) is 30.3 Å². The summed E-state index contributed by atoms with van der Waals surface area (Å²) in [6.45, 7) is 3.59. The summed E-state index contributed by atoms with van der Waals surface area (Å²) in [5.74, 6) is 0. The van der Waals surface area contributed by atoms with Crippen molar-refractivity contribution in [3.63, 3.8) is 0 Å². The van der Waals surface area contributed by atoms with E-state index in [1.807, 2.05) is 12.1 Å². The van der Waals surface area contributed by atoms with Gasteiger partial charge in [-0.05, 0) is 48.6 Å². The Hall–Kier alpha value is -1.88. The molecule has 0 aliphatic carbocycles. The van der Waals surface area contributed by atoms with Crippen LogP contribution in [0, 0.1) is 0 Å². The third-order valence-corrected chi connectivity index (χ3v) is 5.69. The number of fused-ring (bicyclic) bond motifs is 2. The second-order valence-electron chi connectivity index (χ2n) is 7.29. The van der Waals surface area contributed by atoms with E-state index >= 15 is 0 Å². The van der Waals surface area contributed by atoms with Crippen LogP contribution in [-0.4, -0.2) is 21.3 Å². The van der Waals surface area contributed by atoms with Crippen LogP contribution in [0.15, 0.2) is 42.5 Å². The van der Waals surface area contributed by atoms with Crippen LogP contribution in [0.25, 0.3) is 10.9 Å². The number of halogens is 1. The van der Waals surface area contributed by atoms with Crippen molar-refractivity contribution in [3.8, 4) is 0 Å². The van der Waals surface area contributed by atoms with E-state index in [4.69, 9.17) is 21.4 Å². The number of hydrogen-bond donors (Lipinski definition) is 0. The minimum Gasteiger partial charge on any atom is -0.356 e. The molecule has 2 aliphatic heterocycles. The van der Waals surface area contributed by atoms with E-state index in [1.54, 1.807) is 0 Å². The number of ether oxygens (including phenoxy) is 1. The lowest BCUT2D eigenvalue weighted by Gasteiger charge is -2.23. The average Bonchev–Trinajstić information content (AvgIpc) is 3.23. The molecule has 2 aromatic carbocycles. The third kappa shape index (κ3) is 2.92. The number of nitrogens with zero attached hydrogens (tertiary/aromatic N) is 3. The predicted molar refractivity (Wildman–Crippen MR) is 103 cm³/mol. The first-order chi connectivity index (χ1) is 12.8. The molecule has 0 N–H and O–H groups in total. The molecule has 0 spiro atoms. The fourth-order valence-electron chi connectivity index (χ4n) is 4.16. The van der Waals surface area contributed by atoms with Crippen LogP contribution in [-0.2, 0) is 24.4 Å². The second-order valence-corrected chi connectivity index (χ2v) is 7.72. The van der Waals surface area contributed by atoms with Crippen molar-refractivity contribution >= 4 is 22.5 Å². The van der Waals surface area contributed by atoms with Gasteiger partial charge in [-0.1, -0.05) is 35.9 Å². The standard InChI is InChI=1S/C21H22ClN3O/c22-17-8-9-20-18(11-17)19(23-25(20)21-7-3-4-10-26-21)14-24-12-15-5-1-2-6-16(15)13-24/h1-2,5-6,8-9,11,21H,3-4,7,10,12-14H2. The number of hydrogen-bond acceptors (Lipinski definition) is 3. The van der Waals surface area contributed by atoms with E-state index in [0.29, 0.717) is 0 Å². The van der Waals surface area contributed by atoms with Crippen molar-refractivity contribution < 1.29 is 4.74 Å². The highest BCUT2D eigenvalue weighted by Crippen LogP contribution is 2.31. The Kier molecular flexibility index (Phi) is 4.20. The van der Waals surface area contributed by atoms with Crippen LogP contribution in [0.2, 0.25) is 5.02 Å². The summed E-state index contributed by atoms with van der Waals surface area (Å²) in [4.78, 5) is 2.44. The zero-order valence-corrected chi connectivity index (χ0v) is 15.5. The number of benzene rings is 2. The molecule has 0 saturated carbocycles. The Balaban J connectivity index is 1.48. The van der Waals surface area contributed by atoms with Crippen LogP contribution in [0.4, 0.5) is 0 Å². The number of aromatic nitrogens is 2. The first-order valence-corrected chi connectivity index (χ1v) is 9.73. The molecule has 0 bridgehead atoms. The van der Waals surface area contributed by atoms with E-state index in [-0.39, 0.29) is 6.23 Å². The average molecular weight is 368 g/mol. The Morgan fingerprint density at radius 3 is 2.62 bits per heavy atom. The molecule has 1 unspecified atom stereocenters. The Morgan fingerprint density at radius 1 is 1.08 bits per heavy atom. The molecule has 0 amide bonds. The van der Waals surface area contributed by atoms with Crippen molar-refractivity contribution in [2.45, 2.75) is 45.1 Å². The minimum atomic E-state index is 0.0388. The highest BCUT2D eigenvalue weighted by Gasteiger charge is 2.24. The normalized spacial score (nSPS) is 20.6. The molecular formula is C21H22ClN3O. The summed E-state index contributed by atoms with van der Waals surface area (Å²) in [6, 6.07) is 14.7. The molecule has 1 fully saturated rings. The SMILES string of the molecule is Clc1ccc2c(c1)c(CN1Cc3ccccc3C1)nn2C1CCCCO1. The third-order valence-electron chi connectivity index (χ3n) is 5.45. The van der Waals surface area contributed by atoms with E-state index < -0.39 is 0 Å². The largest absolute Gasteiger partial charge is 0.356 e. The molecular weight excluding hydrogens is 346 g/mol. The van der Waals surface area contributed by atoms with E-state index in [0.717, 1.165) is 60.7 Å². The van der Waals surface area contributed by atoms with Crippen LogP contribution < -0.4 is 0 Å². The molecule has 134 valence electrons. The van der Waals surface area contributed by atoms with Gasteiger partial charge in [0.2, 0.25) is 0 Å². The lowest BCUT2D eigenvalue weighted by Crippen LogP contribution is -2.20. The van der Waals surface area contributed by atoms with Crippen molar-refractivity contribution in [2.75, 3.05) is 6.61 Å². The molecule has 5 rings (SSSR count). The maximum Gasteiger partial charge on any atom is 0.150 e. The van der Waals surface area contributed by atoms with Crippen molar-refractivity contribution in [1.29, 1.82) is 0 Å².